The first-order valence-electron chi connectivity index (χ1n) is 22.3. The minimum absolute atomic E-state index is 0.0836. The smallest absolute Gasteiger partial charge is 0.166 e. The second-order valence-electron chi connectivity index (χ2n) is 13.0. The van der Waals surface area contributed by atoms with Gasteiger partial charge in [-0.05, 0) is 57.6 Å². The maximum absolute atomic E-state index is 9.32. The van der Waals surface area contributed by atoms with Gasteiger partial charge in [-0.15, -0.1) is 0 Å². The summed E-state index contributed by atoms with van der Waals surface area (Å²) in [6, 6.07) is 44.5. The van der Waals surface area contributed by atoms with E-state index in [0.717, 1.165) is 33.4 Å². The fourth-order valence-electron chi connectivity index (χ4n) is 7.10. The van der Waals surface area contributed by atoms with Crippen LogP contribution in [0, 0.1) is 0 Å². The lowest BCUT2D eigenvalue weighted by atomic mass is 9.99. The lowest BCUT2D eigenvalue weighted by Crippen LogP contribution is -2.03. The van der Waals surface area contributed by atoms with Crippen LogP contribution in [-0.4, -0.2) is 19.5 Å². The number of para-hydroxylation sites is 2. The quantitative estimate of drug-likeness (QED) is 0.165. The fraction of sp³-hybridized carbons (Fsp3) is 0. The molecule has 0 saturated heterocycles. The van der Waals surface area contributed by atoms with Crippen molar-refractivity contribution in [3.8, 4) is 73.2 Å². The molecule has 0 aliphatic carbocycles. The maximum Gasteiger partial charge on any atom is 0.166 e. The predicted octanol–water partition coefficient (Wildman–Crippen LogP) is 13.0. The van der Waals surface area contributed by atoms with Crippen LogP contribution >= 0.6 is 0 Å². The van der Waals surface area contributed by atoms with Crippen LogP contribution < -0.4 is 0 Å². The second kappa shape index (κ2) is 13.8. The average molecular weight is 712 g/mol. The molecule has 10 aromatic rings. The number of hydrogen-bond donors (Lipinski definition) is 0. The molecule has 4 heteroatoms. The molecule has 0 N–H and O–H groups in total. The molecular weight excluding hydrogens is 669 g/mol. The molecule has 55 heavy (non-hydrogen) atoms. The topological polar surface area (TPSA) is 43.6 Å². The standard InChI is InChI=1S/C51H34N4/c1-4-15-35(16-5-1)37-27-31-40(32-28-37)49-52-50(41-33-29-38(30-34-41)36-17-6-2-7-18-36)54-51(53-49)44-22-11-13-25-46(44)55-45-24-12-10-21-43(45)48-42(23-14-26-47(48)55)39-19-8-3-9-20-39/h1-34H/i3D,8D,9D,10D,12D,19D,20D,21D,24D. The van der Waals surface area contributed by atoms with E-state index in [4.69, 9.17) is 24.5 Å². The van der Waals surface area contributed by atoms with E-state index >= 15 is 0 Å². The van der Waals surface area contributed by atoms with Gasteiger partial charge < -0.3 is 4.57 Å². The molecule has 0 spiro atoms. The zero-order chi connectivity index (χ0) is 44.4. The highest BCUT2D eigenvalue weighted by atomic mass is 15.1. The Bertz CT molecular complexity index is 3340. The van der Waals surface area contributed by atoms with Crippen LogP contribution in [0.15, 0.2) is 206 Å². The van der Waals surface area contributed by atoms with Crippen LogP contribution in [-0.2, 0) is 0 Å². The van der Waals surface area contributed by atoms with E-state index in [0.29, 0.717) is 39.6 Å². The molecule has 0 radical (unpaired) electrons. The van der Waals surface area contributed by atoms with E-state index in [1.54, 1.807) is 22.8 Å². The Kier molecular flexibility index (Phi) is 6.04. The first-order valence-corrected chi connectivity index (χ1v) is 17.8. The van der Waals surface area contributed by atoms with E-state index < -0.39 is 42.3 Å². The number of benzene rings is 8. The van der Waals surface area contributed by atoms with Crippen LogP contribution in [0.4, 0.5) is 0 Å². The fourth-order valence-corrected chi connectivity index (χ4v) is 7.10. The number of fused-ring (bicyclic) bond motifs is 3. The summed E-state index contributed by atoms with van der Waals surface area (Å²) in [4.78, 5) is 15.2. The highest BCUT2D eigenvalue weighted by Gasteiger charge is 2.20. The first-order chi connectivity index (χ1) is 31.0. The van der Waals surface area contributed by atoms with Gasteiger partial charge in [-0.1, -0.05) is 182 Å². The summed E-state index contributed by atoms with van der Waals surface area (Å²) in [7, 11) is 0. The van der Waals surface area contributed by atoms with Crippen molar-refractivity contribution >= 4 is 21.8 Å². The van der Waals surface area contributed by atoms with Gasteiger partial charge in [0, 0.05) is 27.5 Å². The van der Waals surface area contributed by atoms with E-state index in [1.165, 1.54) is 0 Å². The highest BCUT2D eigenvalue weighted by Crippen LogP contribution is 2.40. The van der Waals surface area contributed by atoms with Gasteiger partial charge >= 0.3 is 0 Å². The van der Waals surface area contributed by atoms with Crippen molar-refractivity contribution < 1.29 is 12.3 Å². The van der Waals surface area contributed by atoms with Crippen molar-refractivity contribution in [1.29, 1.82) is 0 Å². The van der Waals surface area contributed by atoms with Crippen LogP contribution in [0.3, 0.4) is 0 Å². The molecule has 0 saturated carbocycles. The lowest BCUT2D eigenvalue weighted by Gasteiger charge is -2.15. The van der Waals surface area contributed by atoms with E-state index in [-0.39, 0.29) is 34.1 Å². The molecule has 0 atom stereocenters. The zero-order valence-electron chi connectivity index (χ0n) is 38.2. The van der Waals surface area contributed by atoms with Crippen molar-refractivity contribution in [1.82, 2.24) is 19.5 Å². The molecule has 0 unspecified atom stereocenters. The Hall–Kier alpha value is -7.43. The number of hydrogen-bond acceptors (Lipinski definition) is 3. The van der Waals surface area contributed by atoms with Crippen molar-refractivity contribution in [2.75, 3.05) is 0 Å². The maximum atomic E-state index is 9.32. The van der Waals surface area contributed by atoms with E-state index in [9.17, 15) is 2.74 Å². The Morgan fingerprint density at radius 2 is 0.836 bits per heavy atom. The van der Waals surface area contributed by atoms with Crippen LogP contribution in [0.1, 0.15) is 12.3 Å². The third kappa shape index (κ3) is 5.96. The summed E-state index contributed by atoms with van der Waals surface area (Å²) in [6.07, 6.45) is 0. The van der Waals surface area contributed by atoms with E-state index in [2.05, 4.69) is 0 Å². The third-order valence-corrected chi connectivity index (χ3v) is 9.72. The molecule has 2 heterocycles. The van der Waals surface area contributed by atoms with Gasteiger partial charge in [-0.25, -0.2) is 15.0 Å². The molecule has 4 nitrogen and oxygen atoms in total. The molecule has 8 aromatic carbocycles. The summed E-state index contributed by atoms with van der Waals surface area (Å²) in [5, 5.41) is 0.430. The van der Waals surface area contributed by atoms with Gasteiger partial charge in [-0.2, -0.15) is 0 Å². The molecule has 258 valence electrons. The Labute approximate surface area is 332 Å². The summed E-state index contributed by atoms with van der Waals surface area (Å²) in [5.74, 6) is 1.12. The van der Waals surface area contributed by atoms with Gasteiger partial charge in [0.05, 0.1) is 29.1 Å². The lowest BCUT2D eigenvalue weighted by molar-refractivity contribution is 1.06. The summed E-state index contributed by atoms with van der Waals surface area (Å²) < 4.78 is 80.8. The van der Waals surface area contributed by atoms with Crippen molar-refractivity contribution in [2.45, 2.75) is 0 Å². The van der Waals surface area contributed by atoms with Crippen LogP contribution in [0.5, 0.6) is 0 Å². The SMILES string of the molecule is [2H]c1c([2H])c([2H])c(-c2cccc3c2c2c([2H])c([2H])c([2H])c([2H])c2n3-c2ccccc2-c2nc(-c3ccc(-c4ccccc4)cc3)nc(-c3ccc(-c4ccccc4)cc3)n2)c([2H])c1[2H]. The Morgan fingerprint density at radius 1 is 0.345 bits per heavy atom. The minimum atomic E-state index is -0.542. The van der Waals surface area contributed by atoms with Gasteiger partial charge in [0.25, 0.3) is 0 Å². The first kappa shape index (κ1) is 24.0. The van der Waals surface area contributed by atoms with Gasteiger partial charge in [0.15, 0.2) is 17.5 Å². The van der Waals surface area contributed by atoms with Crippen molar-refractivity contribution in [3.63, 3.8) is 0 Å². The molecular formula is C51H34N4. The molecule has 0 fully saturated rings. The molecule has 0 bridgehead atoms. The normalized spacial score (nSPS) is 13.6. The van der Waals surface area contributed by atoms with Gasteiger partial charge in [-0.3, -0.25) is 0 Å². The number of rotatable bonds is 7. The molecule has 0 aliphatic rings. The van der Waals surface area contributed by atoms with Crippen LogP contribution in [0.2, 0.25) is 0 Å². The van der Waals surface area contributed by atoms with E-state index in [1.807, 2.05) is 133 Å². The zero-order valence-corrected chi connectivity index (χ0v) is 29.2. The molecule has 0 amide bonds. The molecule has 2 aromatic heterocycles. The van der Waals surface area contributed by atoms with Gasteiger partial charge in [0.2, 0.25) is 0 Å². The Balaban J connectivity index is 1.23. The molecule has 0 aliphatic heterocycles. The molecule has 10 rings (SSSR count). The second-order valence-corrected chi connectivity index (χ2v) is 13.0. The van der Waals surface area contributed by atoms with Crippen molar-refractivity contribution in [2.24, 2.45) is 0 Å². The third-order valence-electron chi connectivity index (χ3n) is 9.72. The summed E-state index contributed by atoms with van der Waals surface area (Å²) >= 11 is 0. The minimum Gasteiger partial charge on any atom is -0.308 e. The largest absolute Gasteiger partial charge is 0.308 e. The Morgan fingerprint density at radius 3 is 1.47 bits per heavy atom. The number of nitrogens with zero attached hydrogens (tertiary/aromatic N) is 4. The number of aromatic nitrogens is 4. The summed E-state index contributed by atoms with van der Waals surface area (Å²) in [5.41, 5.74) is 7.38. The monoisotopic (exact) mass is 711 g/mol. The van der Waals surface area contributed by atoms with Crippen LogP contribution in [0.25, 0.3) is 95.0 Å². The predicted molar refractivity (Wildman–Crippen MR) is 227 cm³/mol. The van der Waals surface area contributed by atoms with Gasteiger partial charge in [0.1, 0.15) is 0 Å². The average Bonchev–Trinajstić information content (AvgIpc) is 3.70. The highest BCUT2D eigenvalue weighted by molar-refractivity contribution is 6.16. The summed E-state index contributed by atoms with van der Waals surface area (Å²) in [6.45, 7) is 0. The van der Waals surface area contributed by atoms with Crippen molar-refractivity contribution in [3.05, 3.63) is 206 Å².